The Hall–Kier alpha value is -3.30. The van der Waals surface area contributed by atoms with Crippen molar-refractivity contribution in [3.8, 4) is 17.2 Å². The number of hydrogen-bond donors (Lipinski definition) is 0. The number of carbonyl (C=O) groups is 1. The minimum atomic E-state index is -0.326. The van der Waals surface area contributed by atoms with Gasteiger partial charge in [-0.3, -0.25) is 19.2 Å². The molecule has 1 amide bonds. The monoisotopic (exact) mass is 495 g/mol. The summed E-state index contributed by atoms with van der Waals surface area (Å²) in [6.07, 6.45) is 1.76. The number of amides is 1. The Morgan fingerprint density at radius 1 is 1.00 bits per heavy atom. The van der Waals surface area contributed by atoms with Crippen LogP contribution in [0.4, 0.5) is 5.69 Å². The third kappa shape index (κ3) is 4.28. The molecular weight excluding hydrogens is 470 g/mol. The predicted molar refractivity (Wildman–Crippen MR) is 140 cm³/mol. The van der Waals surface area contributed by atoms with E-state index in [9.17, 15) is 9.59 Å². The fourth-order valence-electron chi connectivity index (χ4n) is 3.78. The van der Waals surface area contributed by atoms with Gasteiger partial charge in [-0.1, -0.05) is 48.2 Å². The zero-order valence-electron chi connectivity index (χ0n) is 19.4. The van der Waals surface area contributed by atoms with Crippen molar-refractivity contribution in [2.75, 3.05) is 18.1 Å². The average molecular weight is 496 g/mol. The molecule has 3 aromatic rings. The maximum absolute atomic E-state index is 13.4. The van der Waals surface area contributed by atoms with Gasteiger partial charge in [0.2, 0.25) is 0 Å². The number of anilines is 1. The maximum atomic E-state index is 13.4. The van der Waals surface area contributed by atoms with Crippen LogP contribution in [0, 0.1) is 6.92 Å². The number of rotatable bonds is 7. The fourth-order valence-corrected chi connectivity index (χ4v) is 5.05. The van der Waals surface area contributed by atoms with Crippen molar-refractivity contribution in [3.05, 3.63) is 75.0 Å². The van der Waals surface area contributed by atoms with Crippen LogP contribution < -0.4 is 19.9 Å². The normalized spacial score (nSPS) is 14.8. The summed E-state index contributed by atoms with van der Waals surface area (Å²) in [4.78, 5) is 28.6. The van der Waals surface area contributed by atoms with Gasteiger partial charge in [-0.25, -0.2) is 4.68 Å². The molecule has 1 aliphatic heterocycles. The molecule has 0 spiro atoms. The van der Waals surface area contributed by atoms with Crippen LogP contribution in [0.5, 0.6) is 11.5 Å². The Morgan fingerprint density at radius 3 is 2.35 bits per heavy atom. The number of carbonyl (C=O) groups excluding carboxylic acids is 1. The second-order valence-electron chi connectivity index (χ2n) is 7.50. The zero-order valence-corrected chi connectivity index (χ0v) is 21.0. The van der Waals surface area contributed by atoms with Gasteiger partial charge in [0.25, 0.3) is 11.5 Å². The number of thiocarbonyl (C=S) groups is 1. The molecule has 1 fully saturated rings. The van der Waals surface area contributed by atoms with Crippen molar-refractivity contribution < 1.29 is 14.3 Å². The largest absolute Gasteiger partial charge is 0.490 e. The molecule has 34 heavy (non-hydrogen) atoms. The maximum Gasteiger partial charge on any atom is 0.296 e. The lowest BCUT2D eigenvalue weighted by Crippen LogP contribution is -2.33. The highest BCUT2D eigenvalue weighted by Crippen LogP contribution is 2.37. The number of nitrogens with zero attached hydrogens (tertiary/aromatic N) is 3. The molecule has 9 heteroatoms. The highest BCUT2D eigenvalue weighted by molar-refractivity contribution is 8.27. The predicted octanol–water partition coefficient (Wildman–Crippen LogP) is 4.69. The molecule has 0 saturated carbocycles. The van der Waals surface area contributed by atoms with E-state index in [1.165, 1.54) is 21.3 Å². The topological polar surface area (TPSA) is 65.7 Å². The minimum absolute atomic E-state index is 0.263. The van der Waals surface area contributed by atoms with Crippen LogP contribution in [0.15, 0.2) is 58.2 Å². The van der Waals surface area contributed by atoms with Crippen LogP contribution in [0.2, 0.25) is 0 Å². The van der Waals surface area contributed by atoms with E-state index in [4.69, 9.17) is 21.7 Å². The molecule has 0 unspecified atom stereocenters. The van der Waals surface area contributed by atoms with E-state index < -0.39 is 0 Å². The first-order valence-corrected chi connectivity index (χ1v) is 12.1. The van der Waals surface area contributed by atoms with Crippen molar-refractivity contribution in [2.24, 2.45) is 7.05 Å². The quantitative estimate of drug-likeness (QED) is 0.350. The van der Waals surface area contributed by atoms with Gasteiger partial charge in [0.1, 0.15) is 5.69 Å². The van der Waals surface area contributed by atoms with E-state index in [-0.39, 0.29) is 17.2 Å². The Bertz CT molecular complexity index is 1340. The summed E-state index contributed by atoms with van der Waals surface area (Å²) >= 11 is 6.70. The Morgan fingerprint density at radius 2 is 1.68 bits per heavy atom. The second-order valence-corrected chi connectivity index (χ2v) is 9.18. The third-order valence-electron chi connectivity index (χ3n) is 5.41. The Labute approximate surface area is 207 Å². The summed E-state index contributed by atoms with van der Waals surface area (Å²) in [5.74, 6) is 0.932. The Kier molecular flexibility index (Phi) is 6.95. The molecule has 7 nitrogen and oxygen atoms in total. The van der Waals surface area contributed by atoms with Crippen LogP contribution in [-0.4, -0.2) is 32.8 Å². The molecule has 2 aromatic carbocycles. The first-order valence-electron chi connectivity index (χ1n) is 10.9. The van der Waals surface area contributed by atoms with E-state index in [1.54, 1.807) is 24.7 Å². The number of aromatic nitrogens is 2. The second kappa shape index (κ2) is 9.90. The molecule has 2 heterocycles. The molecule has 176 valence electrons. The number of para-hydroxylation sites is 1. The van der Waals surface area contributed by atoms with Crippen LogP contribution >= 0.6 is 24.0 Å². The Balaban J connectivity index is 1.72. The standard InChI is InChI=1S/C25H25N3O4S2/c1-5-31-19-13-12-17(14-20(19)32-6-2)15-21-23(29)27(25(33)34-21)22-16(3)26(4)28(24(22)30)18-10-8-7-9-11-18/h7-15H,5-6H2,1-4H3/b21-15-. The molecule has 0 radical (unpaired) electrons. The smallest absolute Gasteiger partial charge is 0.296 e. The summed E-state index contributed by atoms with van der Waals surface area (Å²) in [5, 5.41) is 0. The summed E-state index contributed by atoms with van der Waals surface area (Å²) < 4.78 is 14.9. The molecule has 0 N–H and O–H groups in total. The van der Waals surface area contributed by atoms with E-state index in [0.717, 1.165) is 5.56 Å². The summed E-state index contributed by atoms with van der Waals surface area (Å²) in [5.41, 5.74) is 2.09. The van der Waals surface area contributed by atoms with Gasteiger partial charge in [0.05, 0.1) is 29.5 Å². The number of hydrogen-bond acceptors (Lipinski definition) is 6. The molecular formula is C25H25N3O4S2. The number of ether oxygens (including phenoxy) is 2. The summed E-state index contributed by atoms with van der Waals surface area (Å²) in [6.45, 7) is 6.63. The number of thioether (sulfide) groups is 1. The van der Waals surface area contributed by atoms with Gasteiger partial charge in [0, 0.05) is 7.05 Å². The lowest BCUT2D eigenvalue weighted by Gasteiger charge is -2.12. The molecule has 1 aromatic heterocycles. The lowest BCUT2D eigenvalue weighted by molar-refractivity contribution is -0.113. The van der Waals surface area contributed by atoms with Crippen LogP contribution in [0.3, 0.4) is 0 Å². The highest BCUT2D eigenvalue weighted by atomic mass is 32.2. The van der Waals surface area contributed by atoms with Gasteiger partial charge in [-0.05, 0) is 56.7 Å². The molecule has 0 bridgehead atoms. The van der Waals surface area contributed by atoms with E-state index in [0.29, 0.717) is 45.3 Å². The van der Waals surface area contributed by atoms with Gasteiger partial charge in [0.15, 0.2) is 15.8 Å². The minimum Gasteiger partial charge on any atom is -0.490 e. The van der Waals surface area contributed by atoms with Gasteiger partial charge in [-0.2, -0.15) is 0 Å². The number of benzene rings is 2. The van der Waals surface area contributed by atoms with Gasteiger partial charge in [-0.15, -0.1) is 0 Å². The highest BCUT2D eigenvalue weighted by Gasteiger charge is 2.37. The molecule has 0 atom stereocenters. The fraction of sp³-hybridized carbons (Fsp3) is 0.240. The van der Waals surface area contributed by atoms with Crippen LogP contribution in [0.1, 0.15) is 25.1 Å². The first kappa shape index (κ1) is 23.8. The van der Waals surface area contributed by atoms with Gasteiger partial charge < -0.3 is 9.47 Å². The summed E-state index contributed by atoms with van der Waals surface area (Å²) in [7, 11) is 1.79. The summed E-state index contributed by atoms with van der Waals surface area (Å²) in [6, 6.07) is 14.8. The van der Waals surface area contributed by atoms with Crippen molar-refractivity contribution >= 4 is 46.0 Å². The molecule has 1 aliphatic rings. The SMILES string of the molecule is CCOc1ccc(/C=C2\SC(=S)N(c3c(C)n(C)n(-c4ccccc4)c3=O)C2=O)cc1OCC. The molecule has 1 saturated heterocycles. The van der Waals surface area contributed by atoms with Crippen molar-refractivity contribution in [2.45, 2.75) is 20.8 Å². The molecule has 4 rings (SSSR count). The van der Waals surface area contributed by atoms with E-state index >= 15 is 0 Å². The van der Waals surface area contributed by atoms with Crippen molar-refractivity contribution in [3.63, 3.8) is 0 Å². The third-order valence-corrected chi connectivity index (χ3v) is 6.71. The van der Waals surface area contributed by atoms with E-state index in [1.807, 2.05) is 62.4 Å². The van der Waals surface area contributed by atoms with Crippen molar-refractivity contribution in [1.82, 2.24) is 9.36 Å². The van der Waals surface area contributed by atoms with Gasteiger partial charge >= 0.3 is 0 Å². The average Bonchev–Trinajstić information content (AvgIpc) is 3.21. The first-order chi connectivity index (χ1) is 16.4. The van der Waals surface area contributed by atoms with Crippen LogP contribution in [-0.2, 0) is 11.8 Å². The zero-order chi connectivity index (χ0) is 24.4. The molecule has 0 aliphatic carbocycles. The van der Waals surface area contributed by atoms with E-state index in [2.05, 4.69) is 0 Å². The van der Waals surface area contributed by atoms with Crippen molar-refractivity contribution in [1.29, 1.82) is 0 Å². The lowest BCUT2D eigenvalue weighted by atomic mass is 10.2. The van der Waals surface area contributed by atoms with Crippen LogP contribution in [0.25, 0.3) is 11.8 Å².